The Balaban J connectivity index is 1.91. The van der Waals surface area contributed by atoms with Crippen LogP contribution in [0.15, 0.2) is 47.4 Å². The van der Waals surface area contributed by atoms with Gasteiger partial charge in [0.25, 0.3) is 15.9 Å². The van der Waals surface area contributed by atoms with Crippen molar-refractivity contribution in [1.82, 2.24) is 4.90 Å². The lowest BCUT2D eigenvalue weighted by molar-refractivity contribution is -0.143. The number of anilines is 1. The molecule has 0 saturated heterocycles. The Hall–Kier alpha value is -2.58. The Morgan fingerprint density at radius 2 is 1.93 bits per heavy atom. The summed E-state index contributed by atoms with van der Waals surface area (Å²) < 4.78 is 32.7. The molecule has 1 heterocycles. The molecule has 0 aliphatic carbocycles. The zero-order valence-corrected chi connectivity index (χ0v) is 17.7. The van der Waals surface area contributed by atoms with E-state index in [1.165, 1.54) is 34.5 Å². The Kier molecular flexibility index (Phi) is 6.14. The number of benzene rings is 2. The summed E-state index contributed by atoms with van der Waals surface area (Å²) in [7, 11) is -2.51. The maximum atomic E-state index is 13.3. The number of sulfonamides is 1. The van der Waals surface area contributed by atoms with Crippen molar-refractivity contribution in [2.24, 2.45) is 0 Å². The SMILES string of the molecule is CCOC(=O)CN(C)C(=O)c1ccc(Cl)c(S(=O)(=O)N2CCc3ccccc32)c1. The molecule has 0 radical (unpaired) electrons. The van der Waals surface area contributed by atoms with Crippen molar-refractivity contribution in [2.75, 3.05) is 31.0 Å². The maximum Gasteiger partial charge on any atom is 0.325 e. The van der Waals surface area contributed by atoms with Gasteiger partial charge in [0, 0.05) is 19.2 Å². The summed E-state index contributed by atoms with van der Waals surface area (Å²) in [6.07, 6.45) is 0.605. The van der Waals surface area contributed by atoms with Gasteiger partial charge >= 0.3 is 5.97 Å². The summed E-state index contributed by atoms with van der Waals surface area (Å²) >= 11 is 6.19. The smallest absolute Gasteiger partial charge is 0.325 e. The molecule has 7 nitrogen and oxygen atoms in total. The van der Waals surface area contributed by atoms with Crippen LogP contribution in [0.3, 0.4) is 0 Å². The highest BCUT2D eigenvalue weighted by Crippen LogP contribution is 2.35. The first-order chi connectivity index (χ1) is 13.8. The summed E-state index contributed by atoms with van der Waals surface area (Å²) in [6.45, 7) is 1.95. The molecule has 1 amide bonds. The van der Waals surface area contributed by atoms with E-state index in [4.69, 9.17) is 16.3 Å². The second-order valence-electron chi connectivity index (χ2n) is 6.57. The molecule has 0 spiro atoms. The zero-order valence-electron chi connectivity index (χ0n) is 16.1. The number of nitrogens with zero attached hydrogens (tertiary/aromatic N) is 2. The van der Waals surface area contributed by atoms with E-state index in [1.807, 2.05) is 12.1 Å². The third kappa shape index (κ3) is 4.23. The molecule has 0 saturated carbocycles. The van der Waals surface area contributed by atoms with Gasteiger partial charge in [-0.1, -0.05) is 29.8 Å². The highest BCUT2D eigenvalue weighted by molar-refractivity contribution is 7.93. The fraction of sp³-hybridized carbons (Fsp3) is 0.300. The molecule has 1 aliphatic rings. The van der Waals surface area contributed by atoms with Crippen LogP contribution in [0.25, 0.3) is 0 Å². The standard InChI is InChI=1S/C20H21ClN2O5S/c1-3-28-19(24)13-22(2)20(25)15-8-9-16(21)18(12-15)29(26,27)23-11-10-14-6-4-5-7-17(14)23/h4-9,12H,3,10-11,13H2,1-2H3. The molecule has 0 atom stereocenters. The summed E-state index contributed by atoms with van der Waals surface area (Å²) in [5.74, 6) is -1.05. The third-order valence-electron chi connectivity index (χ3n) is 4.61. The zero-order chi connectivity index (χ0) is 21.2. The van der Waals surface area contributed by atoms with Crippen molar-refractivity contribution in [1.29, 1.82) is 0 Å². The van der Waals surface area contributed by atoms with Crippen molar-refractivity contribution in [3.8, 4) is 0 Å². The lowest BCUT2D eigenvalue weighted by Gasteiger charge is -2.21. The van der Waals surface area contributed by atoms with E-state index in [2.05, 4.69) is 0 Å². The molecule has 0 aromatic heterocycles. The first-order valence-electron chi connectivity index (χ1n) is 9.07. The topological polar surface area (TPSA) is 84.0 Å². The first kappa shape index (κ1) is 21.1. The fourth-order valence-corrected chi connectivity index (χ4v) is 5.21. The molecule has 0 fully saturated rings. The number of halogens is 1. The molecule has 3 rings (SSSR count). The summed E-state index contributed by atoms with van der Waals surface area (Å²) in [4.78, 5) is 25.3. The Morgan fingerprint density at radius 1 is 1.21 bits per heavy atom. The molecule has 154 valence electrons. The lowest BCUT2D eigenvalue weighted by atomic mass is 10.2. The van der Waals surface area contributed by atoms with E-state index in [1.54, 1.807) is 19.1 Å². The molecule has 1 aliphatic heterocycles. The van der Waals surface area contributed by atoms with Crippen molar-refractivity contribution in [3.63, 3.8) is 0 Å². The summed E-state index contributed by atoms with van der Waals surface area (Å²) in [5.41, 5.74) is 1.67. The van der Waals surface area contributed by atoms with Gasteiger partial charge < -0.3 is 9.64 Å². The van der Waals surface area contributed by atoms with Gasteiger partial charge in [0.05, 0.1) is 17.3 Å². The van der Waals surface area contributed by atoms with Crippen LogP contribution in [0.4, 0.5) is 5.69 Å². The van der Waals surface area contributed by atoms with Gasteiger partial charge in [-0.05, 0) is 43.2 Å². The number of carbonyl (C=O) groups is 2. The lowest BCUT2D eigenvalue weighted by Crippen LogP contribution is -2.33. The molecule has 9 heteroatoms. The van der Waals surface area contributed by atoms with Gasteiger partial charge in [-0.2, -0.15) is 0 Å². The number of carbonyl (C=O) groups excluding carboxylic acids is 2. The minimum Gasteiger partial charge on any atom is -0.465 e. The van der Waals surface area contributed by atoms with E-state index in [0.29, 0.717) is 18.7 Å². The second kappa shape index (κ2) is 8.42. The normalized spacial score (nSPS) is 13.1. The number of para-hydroxylation sites is 1. The highest BCUT2D eigenvalue weighted by atomic mass is 35.5. The van der Waals surface area contributed by atoms with Gasteiger partial charge in [-0.15, -0.1) is 0 Å². The van der Waals surface area contributed by atoms with Crippen LogP contribution in [-0.2, 0) is 26.0 Å². The average molecular weight is 437 g/mol. The number of hydrogen-bond acceptors (Lipinski definition) is 5. The monoisotopic (exact) mass is 436 g/mol. The van der Waals surface area contributed by atoms with Gasteiger partial charge in [-0.3, -0.25) is 13.9 Å². The first-order valence-corrected chi connectivity index (χ1v) is 10.9. The number of hydrogen-bond donors (Lipinski definition) is 0. The van der Waals surface area contributed by atoms with Gasteiger partial charge in [-0.25, -0.2) is 8.42 Å². The van der Waals surface area contributed by atoms with Crippen LogP contribution in [-0.4, -0.2) is 51.9 Å². The molecule has 2 aromatic carbocycles. The molecule has 0 bridgehead atoms. The van der Waals surface area contributed by atoms with Crippen LogP contribution < -0.4 is 4.31 Å². The van der Waals surface area contributed by atoms with E-state index < -0.39 is 21.9 Å². The van der Waals surface area contributed by atoms with Crippen molar-refractivity contribution < 1.29 is 22.7 Å². The van der Waals surface area contributed by atoms with Gasteiger partial charge in [0.2, 0.25) is 0 Å². The molecule has 29 heavy (non-hydrogen) atoms. The largest absolute Gasteiger partial charge is 0.465 e. The summed E-state index contributed by atoms with van der Waals surface area (Å²) in [5, 5.41) is 0.0268. The average Bonchev–Trinajstić information content (AvgIpc) is 3.12. The Labute approximate surface area is 174 Å². The number of fused-ring (bicyclic) bond motifs is 1. The number of likely N-dealkylation sites (N-methyl/N-ethyl adjacent to an activating group) is 1. The quantitative estimate of drug-likeness (QED) is 0.650. The summed E-state index contributed by atoms with van der Waals surface area (Å²) in [6, 6.07) is 11.3. The number of ether oxygens (including phenoxy) is 1. The van der Waals surface area contributed by atoms with E-state index in [9.17, 15) is 18.0 Å². The highest BCUT2D eigenvalue weighted by Gasteiger charge is 2.32. The predicted octanol–water partition coefficient (Wildman–Crippen LogP) is 2.73. The minimum atomic E-state index is -3.96. The van der Waals surface area contributed by atoms with Crippen LogP contribution in [0, 0.1) is 0 Å². The van der Waals surface area contributed by atoms with E-state index >= 15 is 0 Å². The van der Waals surface area contributed by atoms with Crippen LogP contribution in [0.1, 0.15) is 22.8 Å². The van der Waals surface area contributed by atoms with Gasteiger partial charge in [0.1, 0.15) is 11.4 Å². The molecule has 2 aromatic rings. The van der Waals surface area contributed by atoms with Crippen molar-refractivity contribution in [3.05, 3.63) is 58.6 Å². The molecular weight excluding hydrogens is 416 g/mol. The fourth-order valence-electron chi connectivity index (χ4n) is 3.20. The predicted molar refractivity (Wildman–Crippen MR) is 110 cm³/mol. The third-order valence-corrected chi connectivity index (χ3v) is 6.90. The van der Waals surface area contributed by atoms with Gasteiger partial charge in [0.15, 0.2) is 0 Å². The second-order valence-corrected chi connectivity index (χ2v) is 8.81. The molecule has 0 N–H and O–H groups in total. The van der Waals surface area contributed by atoms with Crippen LogP contribution in [0.2, 0.25) is 5.02 Å². The Bertz CT molecular complexity index is 1050. The Morgan fingerprint density at radius 3 is 2.66 bits per heavy atom. The number of esters is 1. The minimum absolute atomic E-state index is 0.0268. The van der Waals surface area contributed by atoms with Crippen molar-refractivity contribution >= 4 is 39.2 Å². The number of rotatable bonds is 6. The maximum absolute atomic E-state index is 13.3. The van der Waals surface area contributed by atoms with Crippen molar-refractivity contribution in [2.45, 2.75) is 18.2 Å². The van der Waals surface area contributed by atoms with E-state index in [0.717, 1.165) is 5.56 Å². The molecule has 0 unspecified atom stereocenters. The van der Waals surface area contributed by atoms with E-state index in [-0.39, 0.29) is 28.6 Å². The number of amides is 1. The van der Waals surface area contributed by atoms with Crippen LogP contribution in [0.5, 0.6) is 0 Å². The van der Waals surface area contributed by atoms with Crippen LogP contribution >= 0.6 is 11.6 Å². The molecular formula is C20H21ClN2O5S.